The Bertz CT molecular complexity index is 684. The minimum atomic E-state index is -1.08. The topological polar surface area (TPSA) is 34.1 Å². The number of pyridine rings is 1. The second-order valence-corrected chi connectivity index (χ2v) is 5.86. The molecule has 1 aromatic carbocycles. The fourth-order valence-corrected chi connectivity index (χ4v) is 2.91. The van der Waals surface area contributed by atoms with Gasteiger partial charge in [-0.3, -0.25) is 4.98 Å². The van der Waals surface area contributed by atoms with E-state index >= 15 is 0 Å². The molecule has 1 aliphatic rings. The van der Waals surface area contributed by atoms with Crippen LogP contribution in [-0.4, -0.2) is 18.1 Å². The van der Waals surface area contributed by atoms with E-state index in [0.29, 0.717) is 29.3 Å². The molecule has 3 rings (SSSR count). The highest BCUT2D eigenvalue weighted by molar-refractivity contribution is 6.30. The molecule has 122 valence electrons. The van der Waals surface area contributed by atoms with Gasteiger partial charge in [0.15, 0.2) is 17.4 Å². The zero-order valence-electron chi connectivity index (χ0n) is 12.0. The summed E-state index contributed by atoms with van der Waals surface area (Å²) in [7, 11) is 0. The van der Waals surface area contributed by atoms with Gasteiger partial charge in [0, 0.05) is 42.6 Å². The summed E-state index contributed by atoms with van der Waals surface area (Å²) in [5.41, 5.74) is 0.620. The van der Waals surface area contributed by atoms with Gasteiger partial charge in [-0.15, -0.1) is 0 Å². The summed E-state index contributed by atoms with van der Waals surface area (Å²) in [4.78, 5) is 4.00. The highest BCUT2D eigenvalue weighted by Crippen LogP contribution is 2.35. The van der Waals surface area contributed by atoms with Crippen molar-refractivity contribution in [1.29, 1.82) is 0 Å². The van der Waals surface area contributed by atoms with E-state index in [-0.39, 0.29) is 5.92 Å². The SMILES string of the molecule is Fc1cc(F)c(OC(c2cncc(Cl)c2)C2CCNC2)c(F)c1. The highest BCUT2D eigenvalue weighted by atomic mass is 35.5. The van der Waals surface area contributed by atoms with Crippen molar-refractivity contribution < 1.29 is 17.9 Å². The van der Waals surface area contributed by atoms with Crippen LogP contribution in [0.5, 0.6) is 5.75 Å². The van der Waals surface area contributed by atoms with Gasteiger partial charge in [0.05, 0.1) is 5.02 Å². The van der Waals surface area contributed by atoms with Crippen molar-refractivity contribution in [2.45, 2.75) is 12.5 Å². The van der Waals surface area contributed by atoms with Crippen LogP contribution in [0.2, 0.25) is 5.02 Å². The molecule has 2 heterocycles. The van der Waals surface area contributed by atoms with Gasteiger partial charge in [-0.05, 0) is 19.0 Å². The van der Waals surface area contributed by atoms with E-state index in [0.717, 1.165) is 13.0 Å². The Morgan fingerprint density at radius 3 is 2.52 bits per heavy atom. The number of aromatic nitrogens is 1. The first-order valence-electron chi connectivity index (χ1n) is 7.17. The molecule has 0 radical (unpaired) electrons. The molecule has 1 aliphatic heterocycles. The van der Waals surface area contributed by atoms with E-state index in [2.05, 4.69) is 10.3 Å². The molecule has 0 amide bonds. The zero-order chi connectivity index (χ0) is 16.4. The van der Waals surface area contributed by atoms with Crippen LogP contribution in [0.1, 0.15) is 18.1 Å². The lowest BCUT2D eigenvalue weighted by molar-refractivity contribution is 0.131. The van der Waals surface area contributed by atoms with Gasteiger partial charge in [-0.25, -0.2) is 13.2 Å². The molecule has 3 nitrogen and oxygen atoms in total. The predicted molar refractivity (Wildman–Crippen MR) is 79.9 cm³/mol. The largest absolute Gasteiger partial charge is 0.479 e. The van der Waals surface area contributed by atoms with Crippen LogP contribution in [0, 0.1) is 23.4 Å². The zero-order valence-corrected chi connectivity index (χ0v) is 12.8. The maximum Gasteiger partial charge on any atom is 0.191 e. The number of nitrogens with one attached hydrogen (secondary N) is 1. The standard InChI is InChI=1S/C16H14ClF3N2O/c17-11-3-10(7-22-8-11)15(9-1-2-21-6-9)23-16-13(19)4-12(18)5-14(16)20/h3-5,7-9,15,21H,1-2,6H2. The van der Waals surface area contributed by atoms with Crippen molar-refractivity contribution in [1.82, 2.24) is 10.3 Å². The molecule has 7 heteroatoms. The summed E-state index contributed by atoms with van der Waals surface area (Å²) in [6.45, 7) is 1.43. The Morgan fingerprint density at radius 1 is 1.17 bits per heavy atom. The van der Waals surface area contributed by atoms with Gasteiger partial charge >= 0.3 is 0 Å². The Labute approximate surface area is 136 Å². The summed E-state index contributed by atoms with van der Waals surface area (Å²) >= 11 is 5.95. The fraction of sp³-hybridized carbons (Fsp3) is 0.312. The Morgan fingerprint density at radius 2 is 1.91 bits per heavy atom. The van der Waals surface area contributed by atoms with Crippen molar-refractivity contribution in [2.75, 3.05) is 13.1 Å². The summed E-state index contributed by atoms with van der Waals surface area (Å²) in [5, 5.41) is 3.59. The van der Waals surface area contributed by atoms with E-state index in [9.17, 15) is 13.2 Å². The molecule has 1 saturated heterocycles. The highest BCUT2D eigenvalue weighted by Gasteiger charge is 2.30. The third-order valence-corrected chi connectivity index (χ3v) is 4.00. The maximum atomic E-state index is 13.9. The molecule has 0 aliphatic carbocycles. The average Bonchev–Trinajstić information content (AvgIpc) is 3.00. The summed E-state index contributed by atoms with van der Waals surface area (Å²) in [6, 6.07) is 2.84. The van der Waals surface area contributed by atoms with E-state index < -0.39 is 29.3 Å². The van der Waals surface area contributed by atoms with Crippen LogP contribution in [0.3, 0.4) is 0 Å². The van der Waals surface area contributed by atoms with Gasteiger partial charge < -0.3 is 10.1 Å². The molecule has 1 N–H and O–H groups in total. The molecule has 2 unspecified atom stereocenters. The third kappa shape index (κ3) is 3.59. The predicted octanol–water partition coefficient (Wildman–Crippen LogP) is 3.88. The van der Waals surface area contributed by atoms with Crippen molar-refractivity contribution in [3.63, 3.8) is 0 Å². The third-order valence-electron chi connectivity index (χ3n) is 3.79. The summed E-state index contributed by atoms with van der Waals surface area (Å²) in [6.07, 6.45) is 3.16. The maximum absolute atomic E-state index is 13.9. The molecule has 0 spiro atoms. The van der Waals surface area contributed by atoms with Crippen LogP contribution in [-0.2, 0) is 0 Å². The van der Waals surface area contributed by atoms with Gasteiger partial charge in [0.1, 0.15) is 11.9 Å². The number of halogens is 4. The summed E-state index contributed by atoms with van der Waals surface area (Å²) in [5.74, 6) is -3.74. The number of ether oxygens (including phenoxy) is 1. The molecule has 0 saturated carbocycles. The average molecular weight is 343 g/mol. The molecule has 2 atom stereocenters. The minimum Gasteiger partial charge on any atom is -0.479 e. The quantitative estimate of drug-likeness (QED) is 0.915. The first-order chi connectivity index (χ1) is 11.0. The molecular weight excluding hydrogens is 329 g/mol. The lowest BCUT2D eigenvalue weighted by Crippen LogP contribution is -2.22. The molecular formula is C16H14ClF3N2O. The van der Waals surface area contributed by atoms with E-state index in [1.807, 2.05) is 0 Å². The van der Waals surface area contributed by atoms with Crippen molar-refractivity contribution in [3.8, 4) is 5.75 Å². The second-order valence-electron chi connectivity index (χ2n) is 5.43. The minimum absolute atomic E-state index is 0.000815. The lowest BCUT2D eigenvalue weighted by atomic mass is 9.96. The van der Waals surface area contributed by atoms with Gasteiger partial charge in [-0.1, -0.05) is 11.6 Å². The van der Waals surface area contributed by atoms with Crippen LogP contribution in [0.25, 0.3) is 0 Å². The van der Waals surface area contributed by atoms with E-state index in [1.54, 1.807) is 12.3 Å². The molecule has 1 aromatic heterocycles. The first-order valence-corrected chi connectivity index (χ1v) is 7.55. The number of hydrogen-bond acceptors (Lipinski definition) is 3. The van der Waals surface area contributed by atoms with Crippen molar-refractivity contribution >= 4 is 11.6 Å². The number of nitrogens with zero attached hydrogens (tertiary/aromatic N) is 1. The first kappa shape index (κ1) is 16.1. The molecule has 2 aromatic rings. The second kappa shape index (κ2) is 6.76. The smallest absolute Gasteiger partial charge is 0.191 e. The van der Waals surface area contributed by atoms with Gasteiger partial charge in [0.25, 0.3) is 0 Å². The van der Waals surface area contributed by atoms with Crippen LogP contribution >= 0.6 is 11.6 Å². The van der Waals surface area contributed by atoms with E-state index in [4.69, 9.17) is 16.3 Å². The molecule has 0 bridgehead atoms. The number of hydrogen-bond donors (Lipinski definition) is 1. The lowest BCUT2D eigenvalue weighted by Gasteiger charge is -2.25. The fourth-order valence-electron chi connectivity index (χ4n) is 2.72. The van der Waals surface area contributed by atoms with Crippen LogP contribution in [0.15, 0.2) is 30.6 Å². The number of benzene rings is 1. The monoisotopic (exact) mass is 342 g/mol. The van der Waals surface area contributed by atoms with Gasteiger partial charge in [-0.2, -0.15) is 0 Å². The molecule has 23 heavy (non-hydrogen) atoms. The number of rotatable bonds is 4. The summed E-state index contributed by atoms with van der Waals surface area (Å²) < 4.78 is 46.4. The van der Waals surface area contributed by atoms with E-state index in [1.165, 1.54) is 6.20 Å². The van der Waals surface area contributed by atoms with Crippen LogP contribution in [0.4, 0.5) is 13.2 Å². The Balaban J connectivity index is 1.96. The van der Waals surface area contributed by atoms with Crippen LogP contribution < -0.4 is 10.1 Å². The Kier molecular flexibility index (Phi) is 4.73. The van der Waals surface area contributed by atoms with Crippen molar-refractivity contribution in [2.24, 2.45) is 5.92 Å². The normalized spacial score (nSPS) is 18.9. The van der Waals surface area contributed by atoms with Crippen molar-refractivity contribution in [3.05, 3.63) is 58.6 Å². The van der Waals surface area contributed by atoms with Gasteiger partial charge in [0.2, 0.25) is 0 Å². The Hall–Kier alpha value is -1.79. The molecule has 1 fully saturated rings.